The fourth-order valence-corrected chi connectivity index (χ4v) is 2.63. The van der Waals surface area contributed by atoms with Gasteiger partial charge < -0.3 is 9.30 Å². The zero-order valence-electron chi connectivity index (χ0n) is 10.7. The van der Waals surface area contributed by atoms with Crippen molar-refractivity contribution in [2.45, 2.75) is 24.4 Å². The van der Waals surface area contributed by atoms with Gasteiger partial charge in [0.2, 0.25) is 0 Å². The molecule has 0 amide bonds. The summed E-state index contributed by atoms with van der Waals surface area (Å²) in [5.74, 6) is 0.915. The molecule has 0 saturated carbocycles. The third kappa shape index (κ3) is 3.34. The van der Waals surface area contributed by atoms with Gasteiger partial charge in [-0.25, -0.2) is 0 Å². The van der Waals surface area contributed by atoms with Crippen LogP contribution in [0.5, 0.6) is 0 Å². The van der Waals surface area contributed by atoms with E-state index in [1.807, 2.05) is 4.57 Å². The van der Waals surface area contributed by atoms with Crippen LogP contribution in [0, 0.1) is 6.92 Å². The average Bonchev–Trinajstić information content (AvgIpc) is 2.83. The van der Waals surface area contributed by atoms with Gasteiger partial charge in [-0.1, -0.05) is 36.0 Å². The predicted octanol–water partition coefficient (Wildman–Crippen LogP) is 2.53. The number of aromatic nitrogens is 3. The van der Waals surface area contributed by atoms with Crippen molar-refractivity contribution in [2.24, 2.45) is 0 Å². The van der Waals surface area contributed by atoms with E-state index in [2.05, 4.69) is 41.4 Å². The Morgan fingerprint density at radius 1 is 1.33 bits per heavy atom. The van der Waals surface area contributed by atoms with Crippen molar-refractivity contribution in [3.05, 3.63) is 41.7 Å². The second-order valence-electron chi connectivity index (χ2n) is 4.01. The van der Waals surface area contributed by atoms with E-state index in [0.717, 1.165) is 17.5 Å². The molecule has 0 radical (unpaired) electrons. The molecule has 0 unspecified atom stereocenters. The van der Waals surface area contributed by atoms with E-state index in [4.69, 9.17) is 4.74 Å². The monoisotopic (exact) mass is 263 g/mol. The van der Waals surface area contributed by atoms with Crippen LogP contribution in [0.25, 0.3) is 0 Å². The number of aryl methyl sites for hydroxylation is 1. The number of rotatable bonds is 6. The van der Waals surface area contributed by atoms with E-state index in [1.54, 1.807) is 25.2 Å². The van der Waals surface area contributed by atoms with E-state index in [1.165, 1.54) is 11.1 Å². The van der Waals surface area contributed by atoms with Crippen LogP contribution >= 0.6 is 11.8 Å². The van der Waals surface area contributed by atoms with Gasteiger partial charge in [0, 0.05) is 19.4 Å². The molecule has 0 bridgehead atoms. The molecule has 0 aliphatic rings. The zero-order valence-corrected chi connectivity index (χ0v) is 11.5. The Hall–Kier alpha value is -1.33. The minimum Gasteiger partial charge on any atom is -0.383 e. The number of benzene rings is 1. The summed E-state index contributed by atoms with van der Waals surface area (Å²) in [6.45, 7) is 3.60. The SMILES string of the molecule is COCCn1cnnc1SCc1ccccc1C. The highest BCUT2D eigenvalue weighted by Crippen LogP contribution is 2.22. The molecule has 4 nitrogen and oxygen atoms in total. The molecule has 0 aliphatic heterocycles. The minimum absolute atomic E-state index is 0.677. The predicted molar refractivity (Wildman–Crippen MR) is 72.6 cm³/mol. The first-order chi connectivity index (χ1) is 8.81. The molecule has 0 saturated heterocycles. The Balaban J connectivity index is 1.98. The summed E-state index contributed by atoms with van der Waals surface area (Å²) in [7, 11) is 1.70. The molecule has 0 spiro atoms. The van der Waals surface area contributed by atoms with Gasteiger partial charge >= 0.3 is 0 Å². The quantitative estimate of drug-likeness (QED) is 0.751. The van der Waals surface area contributed by atoms with Gasteiger partial charge in [-0.15, -0.1) is 10.2 Å². The van der Waals surface area contributed by atoms with Crippen LogP contribution in [0.3, 0.4) is 0 Å². The molecule has 2 rings (SSSR count). The van der Waals surface area contributed by atoms with Crippen LogP contribution in [-0.4, -0.2) is 28.5 Å². The standard InChI is InChI=1S/C13H17N3OS/c1-11-5-3-4-6-12(11)9-18-13-15-14-10-16(13)7-8-17-2/h3-6,10H,7-9H2,1-2H3. The molecule has 2 aromatic rings. The number of ether oxygens (including phenoxy) is 1. The van der Waals surface area contributed by atoms with Gasteiger partial charge in [-0.3, -0.25) is 0 Å². The number of methoxy groups -OCH3 is 1. The number of hydrogen-bond acceptors (Lipinski definition) is 4. The van der Waals surface area contributed by atoms with Crippen LogP contribution < -0.4 is 0 Å². The molecular formula is C13H17N3OS. The summed E-state index contributed by atoms with van der Waals surface area (Å²) < 4.78 is 7.09. The lowest BCUT2D eigenvalue weighted by molar-refractivity contribution is 0.184. The average molecular weight is 263 g/mol. The molecule has 0 N–H and O–H groups in total. The lowest BCUT2D eigenvalue weighted by atomic mass is 10.1. The van der Waals surface area contributed by atoms with Crippen molar-refractivity contribution in [2.75, 3.05) is 13.7 Å². The molecule has 1 aromatic heterocycles. The van der Waals surface area contributed by atoms with Gasteiger partial charge in [-0.05, 0) is 18.1 Å². The summed E-state index contributed by atoms with van der Waals surface area (Å²) >= 11 is 1.71. The molecule has 0 atom stereocenters. The summed E-state index contributed by atoms with van der Waals surface area (Å²) in [5, 5.41) is 9.02. The minimum atomic E-state index is 0.677. The topological polar surface area (TPSA) is 39.9 Å². The van der Waals surface area contributed by atoms with E-state index >= 15 is 0 Å². The molecule has 5 heteroatoms. The maximum atomic E-state index is 5.07. The maximum absolute atomic E-state index is 5.07. The normalized spacial score (nSPS) is 10.8. The van der Waals surface area contributed by atoms with Crippen LogP contribution in [0.15, 0.2) is 35.7 Å². The Kier molecular flexibility index (Phi) is 4.78. The molecular weight excluding hydrogens is 246 g/mol. The van der Waals surface area contributed by atoms with Crippen LogP contribution in [-0.2, 0) is 17.0 Å². The summed E-state index contributed by atoms with van der Waals surface area (Å²) in [6, 6.07) is 8.41. The summed E-state index contributed by atoms with van der Waals surface area (Å²) in [6.07, 6.45) is 1.75. The first kappa shape index (κ1) is 13.1. The van der Waals surface area contributed by atoms with Gasteiger partial charge in [0.25, 0.3) is 0 Å². The van der Waals surface area contributed by atoms with E-state index in [-0.39, 0.29) is 0 Å². The highest BCUT2D eigenvalue weighted by molar-refractivity contribution is 7.98. The first-order valence-electron chi connectivity index (χ1n) is 5.85. The fourth-order valence-electron chi connectivity index (χ4n) is 1.61. The molecule has 0 aliphatic carbocycles. The zero-order chi connectivity index (χ0) is 12.8. The van der Waals surface area contributed by atoms with Crippen LogP contribution in [0.4, 0.5) is 0 Å². The Morgan fingerprint density at radius 2 is 2.17 bits per heavy atom. The third-order valence-corrected chi connectivity index (χ3v) is 3.76. The summed E-state index contributed by atoms with van der Waals surface area (Å²) in [5.41, 5.74) is 2.65. The third-order valence-electron chi connectivity index (χ3n) is 2.73. The van der Waals surface area contributed by atoms with Gasteiger partial charge in [0.05, 0.1) is 6.61 Å². The highest BCUT2D eigenvalue weighted by Gasteiger charge is 2.06. The number of hydrogen-bond donors (Lipinski definition) is 0. The first-order valence-corrected chi connectivity index (χ1v) is 6.84. The van der Waals surface area contributed by atoms with Crippen LogP contribution in [0.2, 0.25) is 0 Å². The maximum Gasteiger partial charge on any atom is 0.191 e. The molecule has 1 aromatic carbocycles. The van der Waals surface area contributed by atoms with Crippen LogP contribution in [0.1, 0.15) is 11.1 Å². The molecule has 1 heterocycles. The Labute approximate surface area is 111 Å². The lowest BCUT2D eigenvalue weighted by Crippen LogP contribution is -2.04. The highest BCUT2D eigenvalue weighted by atomic mass is 32.2. The summed E-state index contributed by atoms with van der Waals surface area (Å²) in [4.78, 5) is 0. The van der Waals surface area contributed by atoms with Crippen molar-refractivity contribution in [3.8, 4) is 0 Å². The molecule has 0 fully saturated rings. The van der Waals surface area contributed by atoms with Crippen molar-refractivity contribution in [1.82, 2.24) is 14.8 Å². The molecule has 18 heavy (non-hydrogen) atoms. The number of thioether (sulfide) groups is 1. The van der Waals surface area contributed by atoms with Crippen molar-refractivity contribution >= 4 is 11.8 Å². The van der Waals surface area contributed by atoms with Crippen molar-refractivity contribution in [1.29, 1.82) is 0 Å². The second-order valence-corrected chi connectivity index (χ2v) is 4.96. The van der Waals surface area contributed by atoms with Gasteiger partial charge in [0.1, 0.15) is 6.33 Å². The van der Waals surface area contributed by atoms with Crippen molar-refractivity contribution in [3.63, 3.8) is 0 Å². The second kappa shape index (κ2) is 6.56. The molecule has 96 valence electrons. The fraction of sp³-hybridized carbons (Fsp3) is 0.385. The lowest BCUT2D eigenvalue weighted by Gasteiger charge is -2.07. The Bertz CT molecular complexity index is 498. The van der Waals surface area contributed by atoms with Gasteiger partial charge in [-0.2, -0.15) is 0 Å². The van der Waals surface area contributed by atoms with Gasteiger partial charge in [0.15, 0.2) is 5.16 Å². The Morgan fingerprint density at radius 3 is 2.94 bits per heavy atom. The number of nitrogens with zero attached hydrogens (tertiary/aromatic N) is 3. The van der Waals surface area contributed by atoms with E-state index in [0.29, 0.717) is 6.61 Å². The smallest absolute Gasteiger partial charge is 0.191 e. The van der Waals surface area contributed by atoms with Crippen molar-refractivity contribution < 1.29 is 4.74 Å². The van der Waals surface area contributed by atoms with E-state index in [9.17, 15) is 0 Å². The van der Waals surface area contributed by atoms with E-state index < -0.39 is 0 Å². The largest absolute Gasteiger partial charge is 0.383 e.